The molecule has 2 nitrogen and oxygen atoms in total. The van der Waals surface area contributed by atoms with E-state index in [1.807, 2.05) is 11.8 Å². The lowest BCUT2D eigenvalue weighted by atomic mass is 9.93. The van der Waals surface area contributed by atoms with Gasteiger partial charge in [-0.3, -0.25) is 0 Å². The average molecular weight is 264 g/mol. The van der Waals surface area contributed by atoms with E-state index in [1.54, 1.807) is 0 Å². The Kier molecular flexibility index (Phi) is 5.10. The van der Waals surface area contributed by atoms with Crippen LogP contribution in [0.15, 0.2) is 29.2 Å². The van der Waals surface area contributed by atoms with Gasteiger partial charge in [-0.2, -0.15) is 0 Å². The summed E-state index contributed by atoms with van der Waals surface area (Å²) in [5.41, 5.74) is 7.60. The van der Waals surface area contributed by atoms with Crippen LogP contribution < -0.4 is 11.1 Å². The summed E-state index contributed by atoms with van der Waals surface area (Å²) >= 11 is 1.90. The van der Waals surface area contributed by atoms with Gasteiger partial charge in [-0.1, -0.05) is 32.4 Å². The van der Waals surface area contributed by atoms with Crippen molar-refractivity contribution in [3.63, 3.8) is 0 Å². The lowest BCUT2D eigenvalue weighted by molar-refractivity contribution is 0.353. The zero-order valence-electron chi connectivity index (χ0n) is 11.4. The van der Waals surface area contributed by atoms with Crippen molar-refractivity contribution in [2.75, 3.05) is 6.54 Å². The number of rotatable bonds is 4. The molecule has 1 aromatic carbocycles. The van der Waals surface area contributed by atoms with E-state index in [-0.39, 0.29) is 6.04 Å². The molecule has 0 amide bonds. The van der Waals surface area contributed by atoms with Gasteiger partial charge in [0.1, 0.15) is 0 Å². The molecule has 0 spiro atoms. The van der Waals surface area contributed by atoms with Crippen LogP contribution in [0.5, 0.6) is 0 Å². The van der Waals surface area contributed by atoms with Crippen LogP contribution in [0.4, 0.5) is 0 Å². The molecular weight excluding hydrogens is 240 g/mol. The van der Waals surface area contributed by atoms with Crippen molar-refractivity contribution < 1.29 is 0 Å². The van der Waals surface area contributed by atoms with Gasteiger partial charge in [0.2, 0.25) is 0 Å². The third kappa shape index (κ3) is 3.74. The van der Waals surface area contributed by atoms with Gasteiger partial charge in [0.05, 0.1) is 0 Å². The van der Waals surface area contributed by atoms with Gasteiger partial charge in [-0.15, -0.1) is 11.8 Å². The smallest absolute Gasteiger partial charge is 0.0450 e. The van der Waals surface area contributed by atoms with Crippen molar-refractivity contribution in [2.45, 2.75) is 55.3 Å². The molecule has 1 aromatic rings. The first kappa shape index (κ1) is 13.9. The summed E-state index contributed by atoms with van der Waals surface area (Å²) in [4.78, 5) is 1.33. The van der Waals surface area contributed by atoms with E-state index in [0.717, 1.165) is 6.54 Å². The summed E-state index contributed by atoms with van der Waals surface area (Å²) in [5.74, 6) is 0. The van der Waals surface area contributed by atoms with Gasteiger partial charge in [-0.05, 0) is 37.1 Å². The maximum absolute atomic E-state index is 6.35. The molecule has 0 radical (unpaired) electrons. The zero-order valence-corrected chi connectivity index (χ0v) is 12.2. The maximum Gasteiger partial charge on any atom is 0.0450 e. The largest absolute Gasteiger partial charge is 0.323 e. The first-order valence-electron chi connectivity index (χ1n) is 6.92. The minimum Gasteiger partial charge on any atom is -0.323 e. The van der Waals surface area contributed by atoms with E-state index in [9.17, 15) is 0 Å². The van der Waals surface area contributed by atoms with Gasteiger partial charge >= 0.3 is 0 Å². The molecule has 1 heterocycles. The predicted molar refractivity (Wildman–Crippen MR) is 80.0 cm³/mol. The number of thioether (sulfide) groups is 1. The predicted octanol–water partition coefficient (Wildman–Crippen LogP) is 3.33. The second kappa shape index (κ2) is 6.60. The molecule has 18 heavy (non-hydrogen) atoms. The highest BCUT2D eigenvalue weighted by molar-refractivity contribution is 7.99. The standard InChI is InChI=1S/C15H24N2S/c1-11(2)18-13-8-6-12(7-9-13)15(16)14-5-3-4-10-17-14/h6-9,11,14-15,17H,3-5,10,16H2,1-2H3. The third-order valence-electron chi connectivity index (χ3n) is 3.42. The molecule has 2 rings (SSSR count). The van der Waals surface area contributed by atoms with Gasteiger partial charge < -0.3 is 11.1 Å². The minimum atomic E-state index is 0.128. The number of hydrogen-bond acceptors (Lipinski definition) is 3. The van der Waals surface area contributed by atoms with Gasteiger partial charge in [-0.25, -0.2) is 0 Å². The lowest BCUT2D eigenvalue weighted by Crippen LogP contribution is -2.42. The Bertz CT molecular complexity index is 355. The minimum absolute atomic E-state index is 0.128. The highest BCUT2D eigenvalue weighted by atomic mass is 32.2. The number of benzene rings is 1. The highest BCUT2D eigenvalue weighted by Gasteiger charge is 2.21. The molecular formula is C15H24N2S. The molecule has 3 heteroatoms. The maximum atomic E-state index is 6.35. The van der Waals surface area contributed by atoms with Crippen molar-refractivity contribution >= 4 is 11.8 Å². The molecule has 2 unspecified atom stereocenters. The van der Waals surface area contributed by atoms with Crippen LogP contribution in [0.1, 0.15) is 44.7 Å². The zero-order chi connectivity index (χ0) is 13.0. The molecule has 1 aliphatic heterocycles. The molecule has 2 atom stereocenters. The second-order valence-corrected chi connectivity index (χ2v) is 6.97. The van der Waals surface area contributed by atoms with Crippen LogP contribution in [0, 0.1) is 0 Å². The molecule has 0 saturated carbocycles. The van der Waals surface area contributed by atoms with Crippen LogP contribution in [0.2, 0.25) is 0 Å². The number of piperidine rings is 1. The highest BCUT2D eigenvalue weighted by Crippen LogP contribution is 2.26. The Balaban J connectivity index is 1.99. The van der Waals surface area contributed by atoms with Crippen molar-refractivity contribution in [3.05, 3.63) is 29.8 Å². The molecule has 1 saturated heterocycles. The van der Waals surface area contributed by atoms with Gasteiger partial charge in [0.15, 0.2) is 0 Å². The molecule has 0 aliphatic carbocycles. The lowest BCUT2D eigenvalue weighted by Gasteiger charge is -2.29. The second-order valence-electron chi connectivity index (χ2n) is 5.32. The number of nitrogens with two attached hydrogens (primary N) is 1. The van der Waals surface area contributed by atoms with E-state index < -0.39 is 0 Å². The Morgan fingerprint density at radius 1 is 1.22 bits per heavy atom. The van der Waals surface area contributed by atoms with Crippen LogP contribution in [-0.4, -0.2) is 17.8 Å². The fourth-order valence-electron chi connectivity index (χ4n) is 2.46. The Hall–Kier alpha value is -0.510. The van der Waals surface area contributed by atoms with Crippen molar-refractivity contribution in [1.82, 2.24) is 5.32 Å². The number of nitrogens with one attached hydrogen (secondary N) is 1. The first-order valence-corrected chi connectivity index (χ1v) is 7.80. The average Bonchev–Trinajstić information content (AvgIpc) is 2.39. The molecule has 1 fully saturated rings. The molecule has 100 valence electrons. The Labute approximate surface area is 115 Å². The third-order valence-corrected chi connectivity index (χ3v) is 4.43. The summed E-state index contributed by atoms with van der Waals surface area (Å²) in [6.07, 6.45) is 3.78. The fraction of sp³-hybridized carbons (Fsp3) is 0.600. The molecule has 0 bridgehead atoms. The summed E-state index contributed by atoms with van der Waals surface area (Å²) in [5, 5.41) is 4.16. The van der Waals surface area contributed by atoms with Crippen molar-refractivity contribution in [3.8, 4) is 0 Å². The van der Waals surface area contributed by atoms with Crippen molar-refractivity contribution in [2.24, 2.45) is 5.73 Å². The summed E-state index contributed by atoms with van der Waals surface area (Å²) in [7, 11) is 0. The van der Waals surface area contributed by atoms with Crippen LogP contribution in [0.3, 0.4) is 0 Å². The monoisotopic (exact) mass is 264 g/mol. The molecule has 3 N–H and O–H groups in total. The van der Waals surface area contributed by atoms with E-state index in [2.05, 4.69) is 43.4 Å². The summed E-state index contributed by atoms with van der Waals surface area (Å²) in [6, 6.07) is 9.34. The molecule has 1 aliphatic rings. The fourth-order valence-corrected chi connectivity index (χ4v) is 3.30. The van der Waals surface area contributed by atoms with Crippen LogP contribution in [-0.2, 0) is 0 Å². The van der Waals surface area contributed by atoms with E-state index in [4.69, 9.17) is 5.73 Å². The van der Waals surface area contributed by atoms with Crippen molar-refractivity contribution in [1.29, 1.82) is 0 Å². The van der Waals surface area contributed by atoms with Crippen LogP contribution in [0.25, 0.3) is 0 Å². The number of hydrogen-bond donors (Lipinski definition) is 2. The first-order chi connectivity index (χ1) is 8.66. The van der Waals surface area contributed by atoms with E-state index in [1.165, 1.54) is 29.7 Å². The summed E-state index contributed by atoms with van der Waals surface area (Å²) in [6.45, 7) is 5.55. The Morgan fingerprint density at radius 2 is 1.94 bits per heavy atom. The SMILES string of the molecule is CC(C)Sc1ccc(C(N)C2CCCCN2)cc1. The van der Waals surface area contributed by atoms with Gasteiger partial charge in [0.25, 0.3) is 0 Å². The quantitative estimate of drug-likeness (QED) is 0.819. The van der Waals surface area contributed by atoms with E-state index >= 15 is 0 Å². The normalized spacial score (nSPS) is 22.1. The molecule has 0 aromatic heterocycles. The van der Waals surface area contributed by atoms with Gasteiger partial charge in [0, 0.05) is 22.2 Å². The Morgan fingerprint density at radius 3 is 2.50 bits per heavy atom. The summed E-state index contributed by atoms with van der Waals surface area (Å²) < 4.78 is 0. The van der Waals surface area contributed by atoms with E-state index in [0.29, 0.717) is 11.3 Å². The topological polar surface area (TPSA) is 38.0 Å². The van der Waals surface area contributed by atoms with Crippen LogP contribution >= 0.6 is 11.8 Å².